The Kier molecular flexibility index (Phi) is 8.66. The van der Waals surface area contributed by atoms with Gasteiger partial charge in [-0.2, -0.15) is 0 Å². The second-order valence-electron chi connectivity index (χ2n) is 19.0. The lowest BCUT2D eigenvalue weighted by molar-refractivity contribution is -0.232. The topological polar surface area (TPSA) is 120 Å². The van der Waals surface area contributed by atoms with Crippen molar-refractivity contribution in [2.75, 3.05) is 0 Å². The first kappa shape index (κ1) is 36.8. The van der Waals surface area contributed by atoms with E-state index < -0.39 is 22.8 Å². The lowest BCUT2D eigenvalue weighted by atomic mass is 9.33. The zero-order chi connectivity index (χ0) is 37.1. The van der Waals surface area contributed by atoms with Crippen LogP contribution in [0.1, 0.15) is 132 Å². The zero-order valence-electron chi connectivity index (χ0n) is 31.8. The molecule has 5 aliphatic rings. The maximum absolute atomic E-state index is 14.1. The summed E-state index contributed by atoms with van der Waals surface area (Å²) in [6, 6.07) is 3.75. The number of carbonyl (C=O) groups excluding carboxylic acids is 2. The Bertz CT molecular complexity index is 1810. The van der Waals surface area contributed by atoms with E-state index in [9.17, 15) is 19.5 Å². The Labute approximate surface area is 311 Å². The van der Waals surface area contributed by atoms with Gasteiger partial charge in [0.1, 0.15) is 6.10 Å². The predicted octanol–water partition coefficient (Wildman–Crippen LogP) is 10.1. The van der Waals surface area contributed by atoms with E-state index in [2.05, 4.69) is 58.7 Å². The van der Waals surface area contributed by atoms with Crippen LogP contribution in [0.2, 0.25) is 4.34 Å². The molecule has 51 heavy (non-hydrogen) atoms. The minimum absolute atomic E-state index is 0.0203. The Hall–Kier alpha value is -2.52. The van der Waals surface area contributed by atoms with Crippen LogP contribution in [0.3, 0.4) is 0 Å². The number of hydrogen-bond donors (Lipinski definition) is 1. The van der Waals surface area contributed by atoms with Crippen molar-refractivity contribution in [3.63, 3.8) is 0 Å². The van der Waals surface area contributed by atoms with Crippen molar-refractivity contribution in [3.05, 3.63) is 33.5 Å². The van der Waals surface area contributed by atoms with Crippen molar-refractivity contribution in [1.29, 1.82) is 0 Å². The van der Waals surface area contributed by atoms with Crippen LogP contribution in [-0.4, -0.2) is 39.1 Å². The molecule has 2 heterocycles. The molecule has 10 heteroatoms. The molecule has 2 aromatic rings. The van der Waals surface area contributed by atoms with E-state index in [1.807, 2.05) is 12.1 Å². The number of aliphatic carboxylic acids is 1. The molecule has 8 unspecified atom stereocenters. The Morgan fingerprint density at radius 2 is 1.73 bits per heavy atom. The smallest absolute Gasteiger partial charge is 0.309 e. The quantitative estimate of drug-likeness (QED) is 0.279. The molecule has 278 valence electrons. The van der Waals surface area contributed by atoms with E-state index in [0.717, 1.165) is 61.8 Å². The van der Waals surface area contributed by atoms with Crippen LogP contribution < -0.4 is 0 Å². The number of nitrogens with zero attached hydrogens (tertiary/aromatic N) is 2. The summed E-state index contributed by atoms with van der Waals surface area (Å²) in [5.41, 5.74) is 0.374. The van der Waals surface area contributed by atoms with Gasteiger partial charge in [0.15, 0.2) is 5.78 Å². The van der Waals surface area contributed by atoms with Gasteiger partial charge in [0.2, 0.25) is 5.89 Å². The number of carboxylic acids is 1. The first-order chi connectivity index (χ1) is 23.7. The molecule has 0 amide bonds. The summed E-state index contributed by atoms with van der Waals surface area (Å²) in [7, 11) is 0. The van der Waals surface area contributed by atoms with E-state index in [4.69, 9.17) is 20.8 Å². The molecule has 0 radical (unpaired) electrons. The number of thiophene rings is 1. The molecule has 1 N–H and O–H groups in total. The monoisotopic (exact) mass is 738 g/mol. The average Bonchev–Trinajstić information content (AvgIpc) is 3.76. The number of carboxylic acid groups (broad SMARTS) is 1. The zero-order valence-corrected chi connectivity index (χ0v) is 33.4. The highest BCUT2D eigenvalue weighted by Crippen LogP contribution is 2.76. The molecule has 2 aromatic heterocycles. The van der Waals surface area contributed by atoms with Crippen LogP contribution in [0.5, 0.6) is 0 Å². The molecule has 7 rings (SSSR count). The fourth-order valence-corrected chi connectivity index (χ4v) is 13.6. The van der Waals surface area contributed by atoms with Gasteiger partial charge in [-0.3, -0.25) is 14.4 Å². The number of ketones is 1. The van der Waals surface area contributed by atoms with Crippen molar-refractivity contribution in [1.82, 2.24) is 10.2 Å². The van der Waals surface area contributed by atoms with Crippen molar-refractivity contribution in [2.24, 2.45) is 50.7 Å². The second kappa shape index (κ2) is 12.0. The summed E-state index contributed by atoms with van der Waals surface area (Å²) < 4.78 is 13.3. The maximum Gasteiger partial charge on any atom is 0.309 e. The third-order valence-corrected chi connectivity index (χ3v) is 16.6. The van der Waals surface area contributed by atoms with Crippen molar-refractivity contribution in [3.8, 4) is 10.8 Å². The van der Waals surface area contributed by atoms with Crippen molar-refractivity contribution >= 4 is 40.7 Å². The van der Waals surface area contributed by atoms with E-state index in [-0.39, 0.29) is 51.8 Å². The SMILES string of the molecule is CC(C)C1=C2C3CCC4C5(C)CCC(OC(=O)CC(C)(C)C(=O)O)C(C)(C)C5CCC4(C)C3(C)CCC2(c2nnc(-c3ccc(Cl)s3)o2)CC1=O. The van der Waals surface area contributed by atoms with Gasteiger partial charge in [0, 0.05) is 11.8 Å². The third kappa shape index (κ3) is 5.27. The minimum atomic E-state index is -1.16. The predicted molar refractivity (Wildman–Crippen MR) is 197 cm³/mol. The molecule has 0 aliphatic heterocycles. The lowest BCUT2D eigenvalue weighted by Crippen LogP contribution is -2.66. The number of esters is 1. The highest BCUT2D eigenvalue weighted by molar-refractivity contribution is 7.19. The fourth-order valence-electron chi connectivity index (χ4n) is 12.6. The number of fused-ring (bicyclic) bond motifs is 7. The van der Waals surface area contributed by atoms with E-state index in [1.165, 1.54) is 16.9 Å². The first-order valence-corrected chi connectivity index (χ1v) is 20.2. The van der Waals surface area contributed by atoms with Gasteiger partial charge < -0.3 is 14.3 Å². The van der Waals surface area contributed by atoms with E-state index in [1.54, 1.807) is 13.8 Å². The molecule has 0 spiro atoms. The Balaban J connectivity index is 1.21. The molecule has 0 aromatic carbocycles. The number of carbonyl (C=O) groups is 3. The summed E-state index contributed by atoms with van der Waals surface area (Å²) in [4.78, 5) is 39.7. The normalized spacial score (nSPS) is 37.4. The van der Waals surface area contributed by atoms with Gasteiger partial charge in [-0.1, -0.05) is 60.1 Å². The summed E-state index contributed by atoms with van der Waals surface area (Å²) in [6.07, 6.45) is 7.79. The van der Waals surface area contributed by atoms with Gasteiger partial charge >= 0.3 is 11.9 Å². The van der Waals surface area contributed by atoms with Gasteiger partial charge in [-0.15, -0.1) is 21.5 Å². The van der Waals surface area contributed by atoms with Crippen molar-refractivity contribution < 1.29 is 28.6 Å². The molecule has 0 saturated heterocycles. The van der Waals surface area contributed by atoms with Crippen LogP contribution in [-0.2, 0) is 24.5 Å². The summed E-state index contributed by atoms with van der Waals surface area (Å²) in [5, 5.41) is 18.8. The maximum atomic E-state index is 14.1. The number of halogens is 1. The van der Waals surface area contributed by atoms with Gasteiger partial charge in [-0.05, 0) is 128 Å². The fraction of sp³-hybridized carbons (Fsp3) is 0.732. The molecular weight excluding hydrogens is 684 g/mol. The number of ether oxygens (including phenoxy) is 1. The minimum Gasteiger partial charge on any atom is -0.481 e. The van der Waals surface area contributed by atoms with Gasteiger partial charge in [0.25, 0.3) is 5.89 Å². The Morgan fingerprint density at radius 1 is 1.00 bits per heavy atom. The molecule has 5 aliphatic carbocycles. The average molecular weight is 739 g/mol. The van der Waals surface area contributed by atoms with Crippen LogP contribution >= 0.6 is 22.9 Å². The van der Waals surface area contributed by atoms with Crippen LogP contribution in [0.4, 0.5) is 0 Å². The van der Waals surface area contributed by atoms with Crippen LogP contribution in [0.15, 0.2) is 27.7 Å². The first-order valence-electron chi connectivity index (χ1n) is 19.0. The molecule has 4 saturated carbocycles. The molecular formula is C41H55ClN2O6S. The molecule has 8 nitrogen and oxygen atoms in total. The molecule has 4 fully saturated rings. The molecule has 8 atom stereocenters. The largest absolute Gasteiger partial charge is 0.481 e. The van der Waals surface area contributed by atoms with Crippen LogP contribution in [0.25, 0.3) is 10.8 Å². The standard InChI is InChI=1S/C41H55ClN2O6S/c1-22(2)31-24(45)20-41(34-44-43-33(50-34)25-11-13-29(42)51-25)19-18-39(8)23(32(31)41)10-12-27-38(7)16-15-28(49-30(46)21-36(3,4)35(47)48)37(5,6)26(38)14-17-40(27,39)9/h11,13,22-23,26-28H,10,12,14-21H2,1-9H3,(H,47,48). The van der Waals surface area contributed by atoms with Gasteiger partial charge in [0.05, 0.1) is 26.5 Å². The summed E-state index contributed by atoms with van der Waals surface area (Å²) in [5.74, 6) is 1.06. The van der Waals surface area contributed by atoms with Crippen molar-refractivity contribution in [2.45, 2.75) is 138 Å². The summed E-state index contributed by atoms with van der Waals surface area (Å²) in [6.45, 7) is 19.6. The number of Topliss-reactive ketones (excluding diaryl/α,β-unsaturated/α-hetero) is 1. The van der Waals surface area contributed by atoms with Gasteiger partial charge in [-0.25, -0.2) is 0 Å². The number of rotatable bonds is 7. The number of allylic oxidation sites excluding steroid dienone is 2. The van der Waals surface area contributed by atoms with E-state index >= 15 is 0 Å². The highest BCUT2D eigenvalue weighted by Gasteiger charge is 2.71. The van der Waals surface area contributed by atoms with Crippen LogP contribution in [0, 0.1) is 50.7 Å². The second-order valence-corrected chi connectivity index (χ2v) is 20.7. The lowest BCUT2D eigenvalue weighted by Gasteiger charge is -2.72. The third-order valence-electron chi connectivity index (χ3n) is 15.4. The van der Waals surface area contributed by atoms with E-state index in [0.29, 0.717) is 34.4 Å². The number of hydrogen-bond acceptors (Lipinski definition) is 8. The summed E-state index contributed by atoms with van der Waals surface area (Å²) >= 11 is 7.67. The molecule has 0 bridgehead atoms. The highest BCUT2D eigenvalue weighted by atomic mass is 35.5. The number of aromatic nitrogens is 2. The Morgan fingerprint density at radius 3 is 2.37 bits per heavy atom.